The molecule has 2 N–H and O–H groups in total. The Morgan fingerprint density at radius 2 is 2.11 bits per heavy atom. The van der Waals surface area contributed by atoms with Crippen molar-refractivity contribution < 1.29 is 4.79 Å². The van der Waals surface area contributed by atoms with Gasteiger partial charge in [0.05, 0.1) is 5.69 Å². The Morgan fingerprint density at radius 3 is 2.72 bits per heavy atom. The molecule has 2 rings (SSSR count). The third kappa shape index (κ3) is 2.80. The van der Waals surface area contributed by atoms with Gasteiger partial charge in [-0.15, -0.1) is 0 Å². The summed E-state index contributed by atoms with van der Waals surface area (Å²) < 4.78 is 0.864. The average Bonchev–Trinajstić information content (AvgIpc) is 2.34. The first kappa shape index (κ1) is 12.4. The lowest BCUT2D eigenvalue weighted by atomic mass is 10.3. The number of aromatic nitrogens is 3. The van der Waals surface area contributed by atoms with Crippen LogP contribution in [0.3, 0.4) is 0 Å². The van der Waals surface area contributed by atoms with E-state index in [0.29, 0.717) is 5.82 Å². The average molecular weight is 309 g/mol. The van der Waals surface area contributed by atoms with Gasteiger partial charge < -0.3 is 5.32 Å². The topological polar surface area (TPSA) is 87.7 Å². The summed E-state index contributed by atoms with van der Waals surface area (Å²) in [7, 11) is 0. The SMILES string of the molecule is Cc1nc(NC(=O)c2ccc(=O)[nH]n2)ccc1Br. The maximum Gasteiger partial charge on any atom is 0.277 e. The first-order valence-electron chi connectivity index (χ1n) is 5.06. The first-order valence-corrected chi connectivity index (χ1v) is 5.86. The highest BCUT2D eigenvalue weighted by atomic mass is 79.9. The Balaban J connectivity index is 2.18. The molecule has 0 unspecified atom stereocenters. The second kappa shape index (κ2) is 5.09. The molecular weight excluding hydrogens is 300 g/mol. The van der Waals surface area contributed by atoms with Crippen LogP contribution >= 0.6 is 15.9 Å². The van der Waals surface area contributed by atoms with Crippen LogP contribution in [-0.4, -0.2) is 21.1 Å². The van der Waals surface area contributed by atoms with Gasteiger partial charge in [-0.05, 0) is 41.1 Å². The molecule has 0 aliphatic heterocycles. The number of aryl methyl sites for hydroxylation is 1. The Bertz CT molecular complexity index is 633. The van der Waals surface area contributed by atoms with Gasteiger partial charge in [0.25, 0.3) is 11.5 Å². The minimum absolute atomic E-state index is 0.122. The van der Waals surface area contributed by atoms with Crippen LogP contribution in [0, 0.1) is 6.92 Å². The highest BCUT2D eigenvalue weighted by molar-refractivity contribution is 9.10. The van der Waals surface area contributed by atoms with E-state index in [0.717, 1.165) is 10.2 Å². The Kier molecular flexibility index (Phi) is 3.52. The summed E-state index contributed by atoms with van der Waals surface area (Å²) in [6.45, 7) is 1.82. The molecule has 0 atom stereocenters. The molecule has 92 valence electrons. The van der Waals surface area contributed by atoms with Crippen LogP contribution in [0.25, 0.3) is 0 Å². The molecule has 1 amide bonds. The predicted molar refractivity (Wildman–Crippen MR) is 69.5 cm³/mol. The molecule has 0 saturated heterocycles. The number of hydrogen-bond donors (Lipinski definition) is 2. The lowest BCUT2D eigenvalue weighted by Crippen LogP contribution is -2.18. The van der Waals surface area contributed by atoms with Gasteiger partial charge in [0.1, 0.15) is 11.5 Å². The predicted octanol–water partition coefficient (Wildman–Crippen LogP) is 1.49. The number of aromatic amines is 1. The minimum atomic E-state index is -0.430. The van der Waals surface area contributed by atoms with Crippen molar-refractivity contribution in [1.29, 1.82) is 0 Å². The van der Waals surface area contributed by atoms with E-state index in [2.05, 4.69) is 36.4 Å². The summed E-state index contributed by atoms with van der Waals surface area (Å²) in [6, 6.07) is 6.04. The molecule has 2 heterocycles. The van der Waals surface area contributed by atoms with Crippen LogP contribution in [0.4, 0.5) is 5.82 Å². The third-order valence-corrected chi connectivity index (χ3v) is 3.01. The molecule has 0 radical (unpaired) electrons. The molecule has 0 aromatic carbocycles. The molecule has 18 heavy (non-hydrogen) atoms. The molecule has 7 heteroatoms. The Hall–Kier alpha value is -2.02. The fourth-order valence-corrected chi connectivity index (χ4v) is 1.49. The van der Waals surface area contributed by atoms with Gasteiger partial charge in [-0.25, -0.2) is 10.1 Å². The van der Waals surface area contributed by atoms with Crippen LogP contribution < -0.4 is 10.9 Å². The van der Waals surface area contributed by atoms with E-state index < -0.39 is 5.91 Å². The second-order valence-corrected chi connectivity index (χ2v) is 4.38. The van der Waals surface area contributed by atoms with Gasteiger partial charge in [-0.1, -0.05) is 0 Å². The van der Waals surface area contributed by atoms with E-state index in [9.17, 15) is 9.59 Å². The first-order chi connectivity index (χ1) is 8.56. The molecule has 0 bridgehead atoms. The molecule has 0 saturated carbocycles. The lowest BCUT2D eigenvalue weighted by Gasteiger charge is -2.05. The third-order valence-electron chi connectivity index (χ3n) is 2.17. The fraction of sp³-hybridized carbons (Fsp3) is 0.0909. The summed E-state index contributed by atoms with van der Waals surface area (Å²) in [6.07, 6.45) is 0. The highest BCUT2D eigenvalue weighted by Gasteiger charge is 2.09. The number of rotatable bonds is 2. The van der Waals surface area contributed by atoms with Crippen LogP contribution in [-0.2, 0) is 0 Å². The quantitative estimate of drug-likeness (QED) is 0.880. The number of amides is 1. The maximum atomic E-state index is 11.8. The summed E-state index contributed by atoms with van der Waals surface area (Å²) >= 11 is 3.32. The summed E-state index contributed by atoms with van der Waals surface area (Å²) in [5.74, 6) is -0.00540. The number of nitrogens with zero attached hydrogens (tertiary/aromatic N) is 2. The van der Waals surface area contributed by atoms with Crippen LogP contribution in [0.5, 0.6) is 0 Å². The van der Waals surface area contributed by atoms with Crippen molar-refractivity contribution in [2.45, 2.75) is 6.92 Å². The number of H-pyrrole nitrogens is 1. The zero-order valence-corrected chi connectivity index (χ0v) is 11.0. The normalized spacial score (nSPS) is 10.1. The van der Waals surface area contributed by atoms with Crippen molar-refractivity contribution in [3.05, 3.63) is 50.5 Å². The molecule has 2 aromatic rings. The summed E-state index contributed by atoms with van der Waals surface area (Å²) in [5, 5.41) is 8.41. The number of carbonyl (C=O) groups excluding carboxylic acids is 1. The van der Waals surface area contributed by atoms with Crippen molar-refractivity contribution in [1.82, 2.24) is 15.2 Å². The van der Waals surface area contributed by atoms with E-state index in [4.69, 9.17) is 0 Å². The number of hydrogen-bond acceptors (Lipinski definition) is 4. The van der Waals surface area contributed by atoms with E-state index >= 15 is 0 Å². The Morgan fingerprint density at radius 1 is 1.33 bits per heavy atom. The zero-order chi connectivity index (χ0) is 13.1. The van der Waals surface area contributed by atoms with Crippen molar-refractivity contribution in [2.75, 3.05) is 5.32 Å². The van der Waals surface area contributed by atoms with Crippen LogP contribution in [0.2, 0.25) is 0 Å². The lowest BCUT2D eigenvalue weighted by molar-refractivity contribution is 0.102. The van der Waals surface area contributed by atoms with Gasteiger partial charge >= 0.3 is 0 Å². The summed E-state index contributed by atoms with van der Waals surface area (Å²) in [5.41, 5.74) is 0.531. The highest BCUT2D eigenvalue weighted by Crippen LogP contribution is 2.16. The van der Waals surface area contributed by atoms with E-state index in [1.54, 1.807) is 12.1 Å². The smallest absolute Gasteiger partial charge is 0.277 e. The molecule has 0 aliphatic rings. The Labute approximate surface area is 111 Å². The van der Waals surface area contributed by atoms with Gasteiger partial charge in [-0.3, -0.25) is 9.59 Å². The molecule has 0 aliphatic carbocycles. The monoisotopic (exact) mass is 308 g/mol. The van der Waals surface area contributed by atoms with E-state index in [1.807, 2.05) is 6.92 Å². The molecule has 0 spiro atoms. The number of pyridine rings is 1. The minimum Gasteiger partial charge on any atom is -0.305 e. The molecule has 2 aromatic heterocycles. The van der Waals surface area contributed by atoms with E-state index in [1.165, 1.54) is 12.1 Å². The van der Waals surface area contributed by atoms with Crippen LogP contribution in [0.15, 0.2) is 33.5 Å². The molecule has 0 fully saturated rings. The van der Waals surface area contributed by atoms with Gasteiger partial charge in [0, 0.05) is 10.5 Å². The van der Waals surface area contributed by atoms with Gasteiger partial charge in [0.15, 0.2) is 0 Å². The van der Waals surface area contributed by atoms with E-state index in [-0.39, 0.29) is 11.3 Å². The second-order valence-electron chi connectivity index (χ2n) is 3.52. The number of carbonyl (C=O) groups is 1. The maximum absolute atomic E-state index is 11.8. The van der Waals surface area contributed by atoms with Crippen molar-refractivity contribution in [3.8, 4) is 0 Å². The van der Waals surface area contributed by atoms with Crippen molar-refractivity contribution >= 4 is 27.7 Å². The number of anilines is 1. The molecular formula is C11H9BrN4O2. The van der Waals surface area contributed by atoms with Crippen LogP contribution in [0.1, 0.15) is 16.2 Å². The van der Waals surface area contributed by atoms with Crippen molar-refractivity contribution in [2.24, 2.45) is 0 Å². The largest absolute Gasteiger partial charge is 0.305 e. The van der Waals surface area contributed by atoms with Crippen molar-refractivity contribution in [3.63, 3.8) is 0 Å². The molecule has 6 nitrogen and oxygen atoms in total. The number of nitrogens with one attached hydrogen (secondary N) is 2. The fourth-order valence-electron chi connectivity index (χ4n) is 1.26. The standard InChI is InChI=1S/C11H9BrN4O2/c1-6-7(12)2-4-9(13-6)14-11(18)8-3-5-10(17)16-15-8/h2-5H,1H3,(H,16,17)(H,13,14,18). The zero-order valence-electron chi connectivity index (χ0n) is 9.40. The van der Waals surface area contributed by atoms with Gasteiger partial charge in [0.2, 0.25) is 0 Å². The van der Waals surface area contributed by atoms with Gasteiger partial charge in [-0.2, -0.15) is 5.10 Å². The summed E-state index contributed by atoms with van der Waals surface area (Å²) in [4.78, 5) is 26.8. The number of halogens is 1.